The van der Waals surface area contributed by atoms with E-state index in [-0.39, 0.29) is 5.91 Å². The van der Waals surface area contributed by atoms with Crippen LogP contribution >= 0.6 is 0 Å². The fourth-order valence-corrected chi connectivity index (χ4v) is 3.34. The van der Waals surface area contributed by atoms with Crippen LogP contribution in [0.3, 0.4) is 0 Å². The Morgan fingerprint density at radius 1 is 1.19 bits per heavy atom. The van der Waals surface area contributed by atoms with Gasteiger partial charge in [-0.15, -0.1) is 0 Å². The molecule has 144 valence electrons. The minimum absolute atomic E-state index is 0.00864. The number of carbonyl (C=O) groups is 1. The van der Waals surface area contributed by atoms with E-state index in [0.29, 0.717) is 42.0 Å². The predicted octanol–water partition coefficient (Wildman–Crippen LogP) is 3.34. The van der Waals surface area contributed by atoms with Crippen LogP contribution in [0.2, 0.25) is 0 Å². The van der Waals surface area contributed by atoms with Crippen molar-refractivity contribution in [3.8, 4) is 17.4 Å². The number of carbonyl (C=O) groups excluding carboxylic acids is 1. The molecule has 0 N–H and O–H groups in total. The van der Waals surface area contributed by atoms with Gasteiger partial charge >= 0.3 is 0 Å². The van der Waals surface area contributed by atoms with Crippen molar-refractivity contribution in [3.63, 3.8) is 0 Å². The second kappa shape index (κ2) is 8.75. The SMILES string of the molecule is COc1ccc(C(=O)N2CCCC(COc3cccc(C)n3)C2)cc1OC. The summed E-state index contributed by atoms with van der Waals surface area (Å²) in [7, 11) is 3.15. The molecule has 0 bridgehead atoms. The maximum Gasteiger partial charge on any atom is 0.254 e. The molecule has 27 heavy (non-hydrogen) atoms. The van der Waals surface area contributed by atoms with E-state index >= 15 is 0 Å². The van der Waals surface area contributed by atoms with Gasteiger partial charge in [-0.25, -0.2) is 4.98 Å². The van der Waals surface area contributed by atoms with Crippen LogP contribution in [0.1, 0.15) is 28.9 Å². The Labute approximate surface area is 160 Å². The van der Waals surface area contributed by atoms with Gasteiger partial charge in [0, 0.05) is 36.3 Å². The summed E-state index contributed by atoms with van der Waals surface area (Å²) in [6.07, 6.45) is 2.01. The van der Waals surface area contributed by atoms with E-state index in [1.54, 1.807) is 32.4 Å². The Hall–Kier alpha value is -2.76. The third kappa shape index (κ3) is 4.70. The molecular weight excluding hydrogens is 344 g/mol. The van der Waals surface area contributed by atoms with Gasteiger partial charge in [-0.1, -0.05) is 6.07 Å². The van der Waals surface area contributed by atoms with Crippen LogP contribution < -0.4 is 14.2 Å². The average Bonchev–Trinajstić information content (AvgIpc) is 2.71. The first-order chi connectivity index (χ1) is 13.1. The highest BCUT2D eigenvalue weighted by molar-refractivity contribution is 5.95. The highest BCUT2D eigenvalue weighted by atomic mass is 16.5. The fourth-order valence-electron chi connectivity index (χ4n) is 3.34. The van der Waals surface area contributed by atoms with Crippen molar-refractivity contribution in [3.05, 3.63) is 47.7 Å². The van der Waals surface area contributed by atoms with Crippen LogP contribution in [0, 0.1) is 12.8 Å². The molecule has 0 saturated carbocycles. The lowest BCUT2D eigenvalue weighted by Crippen LogP contribution is -2.41. The third-order valence-corrected chi connectivity index (χ3v) is 4.77. The zero-order valence-corrected chi connectivity index (χ0v) is 16.1. The first kappa shape index (κ1) is 19.0. The summed E-state index contributed by atoms with van der Waals surface area (Å²) in [5.41, 5.74) is 1.54. The molecule has 2 heterocycles. The quantitative estimate of drug-likeness (QED) is 0.780. The number of rotatable bonds is 6. The molecule has 1 fully saturated rings. The predicted molar refractivity (Wildman–Crippen MR) is 103 cm³/mol. The molecule has 1 aromatic carbocycles. The molecule has 1 amide bonds. The second-order valence-corrected chi connectivity index (χ2v) is 6.76. The monoisotopic (exact) mass is 370 g/mol. The fraction of sp³-hybridized carbons (Fsp3) is 0.429. The first-order valence-electron chi connectivity index (χ1n) is 9.18. The van der Waals surface area contributed by atoms with E-state index in [4.69, 9.17) is 14.2 Å². The van der Waals surface area contributed by atoms with Gasteiger partial charge in [0.15, 0.2) is 11.5 Å². The zero-order valence-electron chi connectivity index (χ0n) is 16.1. The molecule has 1 aromatic heterocycles. The standard InChI is InChI=1S/C21H26N2O4/c1-15-6-4-8-20(22-15)27-14-16-7-5-11-23(13-16)21(24)17-9-10-18(25-2)19(12-17)26-3/h4,6,8-10,12,16H,5,7,11,13-14H2,1-3H3. The maximum absolute atomic E-state index is 12.9. The van der Waals surface area contributed by atoms with Gasteiger partial charge in [-0.2, -0.15) is 0 Å². The lowest BCUT2D eigenvalue weighted by Gasteiger charge is -2.32. The van der Waals surface area contributed by atoms with E-state index in [1.807, 2.05) is 30.0 Å². The van der Waals surface area contributed by atoms with E-state index < -0.39 is 0 Å². The molecule has 6 nitrogen and oxygen atoms in total. The molecule has 1 aliphatic rings. The molecular formula is C21H26N2O4. The van der Waals surface area contributed by atoms with Gasteiger partial charge in [-0.05, 0) is 44.0 Å². The summed E-state index contributed by atoms with van der Waals surface area (Å²) in [4.78, 5) is 19.2. The van der Waals surface area contributed by atoms with Crippen LogP contribution in [-0.2, 0) is 0 Å². The molecule has 3 rings (SSSR count). The Morgan fingerprint density at radius 3 is 2.74 bits per heavy atom. The number of nitrogens with zero attached hydrogens (tertiary/aromatic N) is 2. The van der Waals surface area contributed by atoms with E-state index in [0.717, 1.165) is 25.1 Å². The molecule has 6 heteroatoms. The van der Waals surface area contributed by atoms with Crippen molar-refractivity contribution in [2.24, 2.45) is 5.92 Å². The van der Waals surface area contributed by atoms with E-state index in [2.05, 4.69) is 4.98 Å². The van der Waals surface area contributed by atoms with Gasteiger partial charge in [0.25, 0.3) is 5.91 Å². The summed E-state index contributed by atoms with van der Waals surface area (Å²) >= 11 is 0. The van der Waals surface area contributed by atoms with Gasteiger partial charge in [-0.3, -0.25) is 4.79 Å². The van der Waals surface area contributed by atoms with Crippen LogP contribution in [0.5, 0.6) is 17.4 Å². The number of ether oxygens (including phenoxy) is 3. The highest BCUT2D eigenvalue weighted by Crippen LogP contribution is 2.29. The van der Waals surface area contributed by atoms with Crippen molar-refractivity contribution in [1.82, 2.24) is 9.88 Å². The minimum Gasteiger partial charge on any atom is -0.493 e. The molecule has 1 saturated heterocycles. The van der Waals surface area contributed by atoms with Crippen LogP contribution in [-0.4, -0.2) is 49.7 Å². The summed E-state index contributed by atoms with van der Waals surface area (Å²) in [5.74, 6) is 2.12. The number of piperidine rings is 1. The van der Waals surface area contributed by atoms with Gasteiger partial charge < -0.3 is 19.1 Å². The lowest BCUT2D eigenvalue weighted by molar-refractivity contribution is 0.0631. The number of hydrogen-bond acceptors (Lipinski definition) is 5. The number of aromatic nitrogens is 1. The smallest absolute Gasteiger partial charge is 0.254 e. The Morgan fingerprint density at radius 2 is 2.00 bits per heavy atom. The molecule has 1 unspecified atom stereocenters. The number of hydrogen-bond donors (Lipinski definition) is 0. The van der Waals surface area contributed by atoms with Crippen molar-refractivity contribution in [1.29, 1.82) is 0 Å². The van der Waals surface area contributed by atoms with Crippen LogP contribution in [0.4, 0.5) is 0 Å². The van der Waals surface area contributed by atoms with Crippen molar-refractivity contribution >= 4 is 5.91 Å². The molecule has 0 radical (unpaired) electrons. The van der Waals surface area contributed by atoms with Crippen molar-refractivity contribution in [2.75, 3.05) is 33.9 Å². The molecule has 1 atom stereocenters. The Kier molecular flexibility index (Phi) is 6.16. The largest absolute Gasteiger partial charge is 0.493 e. The zero-order chi connectivity index (χ0) is 19.2. The average molecular weight is 370 g/mol. The van der Waals surface area contributed by atoms with E-state index in [1.165, 1.54) is 0 Å². The van der Waals surface area contributed by atoms with Crippen LogP contribution in [0.25, 0.3) is 0 Å². The van der Waals surface area contributed by atoms with Crippen molar-refractivity contribution in [2.45, 2.75) is 19.8 Å². The van der Waals surface area contributed by atoms with Gasteiger partial charge in [0.05, 0.1) is 20.8 Å². The summed E-state index contributed by atoms with van der Waals surface area (Å²) < 4.78 is 16.4. The molecule has 1 aliphatic heterocycles. The minimum atomic E-state index is 0.00864. The normalized spacial score (nSPS) is 16.7. The highest BCUT2D eigenvalue weighted by Gasteiger charge is 2.25. The topological polar surface area (TPSA) is 60.9 Å². The van der Waals surface area contributed by atoms with Gasteiger partial charge in [0.1, 0.15) is 0 Å². The van der Waals surface area contributed by atoms with Crippen LogP contribution in [0.15, 0.2) is 36.4 Å². The van der Waals surface area contributed by atoms with Gasteiger partial charge in [0.2, 0.25) is 5.88 Å². The Balaban J connectivity index is 1.62. The number of pyridine rings is 1. The summed E-state index contributed by atoms with van der Waals surface area (Å²) in [5, 5.41) is 0. The number of methoxy groups -OCH3 is 2. The third-order valence-electron chi connectivity index (χ3n) is 4.77. The molecule has 0 spiro atoms. The summed E-state index contributed by atoms with van der Waals surface area (Å²) in [6, 6.07) is 11.0. The second-order valence-electron chi connectivity index (χ2n) is 6.76. The molecule has 0 aliphatic carbocycles. The van der Waals surface area contributed by atoms with E-state index in [9.17, 15) is 4.79 Å². The number of likely N-dealkylation sites (tertiary alicyclic amines) is 1. The van der Waals surface area contributed by atoms with Crippen molar-refractivity contribution < 1.29 is 19.0 Å². The lowest BCUT2D eigenvalue weighted by atomic mass is 9.98. The maximum atomic E-state index is 12.9. The number of aryl methyl sites for hydroxylation is 1. The summed E-state index contributed by atoms with van der Waals surface area (Å²) in [6.45, 7) is 3.94. The first-order valence-corrected chi connectivity index (χ1v) is 9.18. The number of amides is 1. The molecule has 2 aromatic rings. The number of benzene rings is 1. The Bertz CT molecular complexity index is 794.